The fraction of sp³-hybridized carbons (Fsp3) is 0.385. The summed E-state index contributed by atoms with van der Waals surface area (Å²) in [7, 11) is 3.77. The average molecular weight is 275 g/mol. The van der Waals surface area contributed by atoms with E-state index >= 15 is 0 Å². The molecule has 0 spiro atoms. The van der Waals surface area contributed by atoms with Crippen LogP contribution in [-0.2, 0) is 7.05 Å². The number of hydrogen-bond donors (Lipinski definition) is 0. The molecule has 0 N–H and O–H groups in total. The standard InChI is InChI=1S/C13H17N5O2/c1-9-12(18(19)20)5-6-13(15-9)17(4)10(2)11-7-14-16(3)8-11/h5-8,10H,1-4H3. The van der Waals surface area contributed by atoms with Crippen LogP contribution in [0.2, 0.25) is 0 Å². The molecule has 2 heterocycles. The first kappa shape index (κ1) is 14.0. The molecule has 0 bridgehead atoms. The Morgan fingerprint density at radius 3 is 2.65 bits per heavy atom. The summed E-state index contributed by atoms with van der Waals surface area (Å²) in [6, 6.07) is 3.24. The molecule has 1 unspecified atom stereocenters. The van der Waals surface area contributed by atoms with Gasteiger partial charge in [0.25, 0.3) is 5.69 Å². The quantitative estimate of drug-likeness (QED) is 0.631. The summed E-state index contributed by atoms with van der Waals surface area (Å²) < 4.78 is 1.74. The van der Waals surface area contributed by atoms with Gasteiger partial charge in [-0.05, 0) is 19.9 Å². The molecular weight excluding hydrogens is 258 g/mol. The maximum atomic E-state index is 10.8. The van der Waals surface area contributed by atoms with Crippen LogP contribution in [0.25, 0.3) is 0 Å². The van der Waals surface area contributed by atoms with E-state index in [-0.39, 0.29) is 11.7 Å². The Hall–Kier alpha value is -2.44. The molecule has 7 nitrogen and oxygen atoms in total. The number of nitro groups is 1. The Kier molecular flexibility index (Phi) is 3.69. The van der Waals surface area contributed by atoms with Crippen molar-refractivity contribution >= 4 is 11.5 Å². The minimum atomic E-state index is -0.420. The highest BCUT2D eigenvalue weighted by molar-refractivity contribution is 5.47. The van der Waals surface area contributed by atoms with Crippen LogP contribution < -0.4 is 4.90 Å². The second-order valence-electron chi connectivity index (χ2n) is 4.77. The van der Waals surface area contributed by atoms with Gasteiger partial charge in [-0.15, -0.1) is 0 Å². The Morgan fingerprint density at radius 2 is 2.15 bits per heavy atom. The van der Waals surface area contributed by atoms with E-state index in [1.165, 1.54) is 6.07 Å². The third-order valence-corrected chi connectivity index (χ3v) is 3.39. The van der Waals surface area contributed by atoms with Gasteiger partial charge in [0.15, 0.2) is 0 Å². The van der Waals surface area contributed by atoms with Gasteiger partial charge in [0, 0.05) is 31.9 Å². The van der Waals surface area contributed by atoms with Crippen molar-refractivity contribution in [1.29, 1.82) is 0 Å². The van der Waals surface area contributed by atoms with Gasteiger partial charge in [-0.3, -0.25) is 14.8 Å². The Labute approximate surface area is 117 Å². The minimum absolute atomic E-state index is 0.0381. The van der Waals surface area contributed by atoms with Crippen LogP contribution in [0.15, 0.2) is 24.5 Å². The van der Waals surface area contributed by atoms with Gasteiger partial charge in [-0.2, -0.15) is 5.10 Å². The van der Waals surface area contributed by atoms with E-state index in [9.17, 15) is 10.1 Å². The van der Waals surface area contributed by atoms with Crippen molar-refractivity contribution in [3.05, 3.63) is 45.9 Å². The van der Waals surface area contributed by atoms with Gasteiger partial charge in [0.2, 0.25) is 0 Å². The third kappa shape index (κ3) is 2.61. The number of aromatic nitrogens is 3. The SMILES string of the molecule is Cc1nc(N(C)C(C)c2cnn(C)c2)ccc1[N+](=O)[O-]. The summed E-state index contributed by atoms with van der Waals surface area (Å²) in [5.41, 5.74) is 1.52. The van der Waals surface area contributed by atoms with E-state index in [2.05, 4.69) is 10.1 Å². The summed E-state index contributed by atoms with van der Waals surface area (Å²) in [4.78, 5) is 16.7. The molecule has 0 amide bonds. The van der Waals surface area contributed by atoms with Gasteiger partial charge in [0.1, 0.15) is 11.5 Å². The molecule has 0 saturated heterocycles. The molecule has 0 aromatic carbocycles. The molecule has 0 radical (unpaired) electrons. The molecule has 2 aromatic heterocycles. The van der Waals surface area contributed by atoms with E-state index in [0.717, 1.165) is 5.56 Å². The van der Waals surface area contributed by atoms with Crippen LogP contribution in [0.5, 0.6) is 0 Å². The zero-order valence-electron chi connectivity index (χ0n) is 11.9. The molecule has 0 aliphatic heterocycles. The maximum Gasteiger partial charge on any atom is 0.290 e. The first-order valence-electron chi connectivity index (χ1n) is 6.23. The van der Waals surface area contributed by atoms with E-state index in [1.807, 2.05) is 32.1 Å². The summed E-state index contributed by atoms with van der Waals surface area (Å²) >= 11 is 0. The van der Waals surface area contributed by atoms with Gasteiger partial charge >= 0.3 is 0 Å². The second-order valence-corrected chi connectivity index (χ2v) is 4.77. The van der Waals surface area contributed by atoms with Crippen molar-refractivity contribution in [2.24, 2.45) is 7.05 Å². The second kappa shape index (κ2) is 5.28. The molecule has 106 valence electrons. The smallest absolute Gasteiger partial charge is 0.290 e. The number of rotatable bonds is 4. The predicted molar refractivity (Wildman–Crippen MR) is 75.7 cm³/mol. The number of pyridine rings is 1. The predicted octanol–water partition coefficient (Wildman–Crippen LogP) is 2.23. The summed E-state index contributed by atoms with van der Waals surface area (Å²) in [6.45, 7) is 3.68. The van der Waals surface area contributed by atoms with Gasteiger partial charge in [-0.25, -0.2) is 4.98 Å². The highest BCUT2D eigenvalue weighted by Crippen LogP contribution is 2.26. The Balaban J connectivity index is 2.27. The minimum Gasteiger partial charge on any atom is -0.353 e. The van der Waals surface area contributed by atoms with Crippen molar-refractivity contribution in [2.75, 3.05) is 11.9 Å². The zero-order valence-corrected chi connectivity index (χ0v) is 11.9. The van der Waals surface area contributed by atoms with Crippen LogP contribution in [0.3, 0.4) is 0 Å². The van der Waals surface area contributed by atoms with Gasteiger partial charge in [-0.1, -0.05) is 0 Å². The highest BCUT2D eigenvalue weighted by Gasteiger charge is 2.18. The van der Waals surface area contributed by atoms with Crippen molar-refractivity contribution in [1.82, 2.24) is 14.8 Å². The van der Waals surface area contributed by atoms with Gasteiger partial charge in [0.05, 0.1) is 17.2 Å². The van der Waals surface area contributed by atoms with Gasteiger partial charge < -0.3 is 4.90 Å². The van der Waals surface area contributed by atoms with Crippen LogP contribution in [0.1, 0.15) is 24.2 Å². The summed E-state index contributed by atoms with van der Waals surface area (Å²) in [6.07, 6.45) is 3.75. The van der Waals surface area contributed by atoms with E-state index in [0.29, 0.717) is 11.5 Å². The van der Waals surface area contributed by atoms with Crippen LogP contribution in [0.4, 0.5) is 11.5 Å². The number of nitrogens with zero attached hydrogens (tertiary/aromatic N) is 5. The number of aryl methyl sites for hydroxylation is 2. The molecule has 0 fully saturated rings. The van der Waals surface area contributed by atoms with Crippen LogP contribution in [0, 0.1) is 17.0 Å². The molecule has 1 atom stereocenters. The fourth-order valence-corrected chi connectivity index (χ4v) is 2.01. The van der Waals surface area contributed by atoms with Crippen LogP contribution in [-0.4, -0.2) is 26.7 Å². The summed E-state index contributed by atoms with van der Waals surface area (Å²) in [5, 5.41) is 15.0. The van der Waals surface area contributed by atoms with Crippen molar-refractivity contribution in [3.8, 4) is 0 Å². The Morgan fingerprint density at radius 1 is 1.45 bits per heavy atom. The molecule has 0 aliphatic rings. The van der Waals surface area contributed by atoms with Crippen molar-refractivity contribution in [2.45, 2.75) is 19.9 Å². The maximum absolute atomic E-state index is 10.8. The lowest BCUT2D eigenvalue weighted by atomic mass is 10.1. The highest BCUT2D eigenvalue weighted by atomic mass is 16.6. The molecule has 7 heteroatoms. The molecule has 0 aliphatic carbocycles. The molecule has 0 saturated carbocycles. The molecule has 2 rings (SSSR count). The topological polar surface area (TPSA) is 77.1 Å². The van der Waals surface area contributed by atoms with Crippen molar-refractivity contribution in [3.63, 3.8) is 0 Å². The normalized spacial score (nSPS) is 12.2. The number of hydrogen-bond acceptors (Lipinski definition) is 5. The molecule has 20 heavy (non-hydrogen) atoms. The van der Waals surface area contributed by atoms with Crippen molar-refractivity contribution < 1.29 is 4.92 Å². The first-order chi connectivity index (χ1) is 9.40. The van der Waals surface area contributed by atoms with Crippen LogP contribution >= 0.6 is 0 Å². The molecular formula is C13H17N5O2. The van der Waals surface area contributed by atoms with E-state index < -0.39 is 4.92 Å². The molecule has 2 aromatic rings. The zero-order chi connectivity index (χ0) is 14.9. The lowest BCUT2D eigenvalue weighted by molar-refractivity contribution is -0.385. The number of anilines is 1. The summed E-state index contributed by atoms with van der Waals surface area (Å²) in [5.74, 6) is 0.699. The lowest BCUT2D eigenvalue weighted by Crippen LogP contribution is -2.22. The Bertz CT molecular complexity index is 637. The monoisotopic (exact) mass is 275 g/mol. The third-order valence-electron chi connectivity index (χ3n) is 3.39. The fourth-order valence-electron chi connectivity index (χ4n) is 2.01. The van der Waals surface area contributed by atoms with E-state index in [1.54, 1.807) is 23.9 Å². The first-order valence-corrected chi connectivity index (χ1v) is 6.23. The average Bonchev–Trinajstić information content (AvgIpc) is 2.83. The van der Waals surface area contributed by atoms with E-state index in [4.69, 9.17) is 0 Å². The largest absolute Gasteiger partial charge is 0.353 e. The lowest BCUT2D eigenvalue weighted by Gasteiger charge is -2.25.